The minimum absolute atomic E-state index is 0.0181. The minimum atomic E-state index is -1.13. The minimum Gasteiger partial charge on any atom is -0.487 e. The van der Waals surface area contributed by atoms with E-state index in [1.54, 1.807) is 12.1 Å². The van der Waals surface area contributed by atoms with Gasteiger partial charge in [0.1, 0.15) is 25.4 Å². The van der Waals surface area contributed by atoms with Gasteiger partial charge in [0, 0.05) is 28.1 Å². The van der Waals surface area contributed by atoms with E-state index in [1.807, 2.05) is 45.0 Å². The van der Waals surface area contributed by atoms with Gasteiger partial charge in [-0.15, -0.1) is 6.42 Å². The number of fused-ring (bicyclic) bond motifs is 1. The van der Waals surface area contributed by atoms with Gasteiger partial charge in [-0.25, -0.2) is 14.8 Å². The maximum absolute atomic E-state index is 12.0. The van der Waals surface area contributed by atoms with Crippen molar-refractivity contribution in [2.75, 3.05) is 31.7 Å². The number of ether oxygens (including phenoxy) is 3. The first-order valence-corrected chi connectivity index (χ1v) is 10.9. The van der Waals surface area contributed by atoms with Crippen LogP contribution in [0.25, 0.3) is 10.9 Å². The zero-order valence-electron chi connectivity index (χ0n) is 19.8. The molecule has 9 nitrogen and oxygen atoms in total. The number of nitrogens with zero attached hydrogens (tertiary/aromatic N) is 2. The Morgan fingerprint density at radius 2 is 1.83 bits per heavy atom. The highest BCUT2D eigenvalue weighted by atomic mass is 16.5. The second kappa shape index (κ2) is 11.3. The van der Waals surface area contributed by atoms with Crippen molar-refractivity contribution >= 4 is 34.2 Å². The summed E-state index contributed by atoms with van der Waals surface area (Å²) in [6.45, 7) is 5.19. The average molecular weight is 478 g/mol. The monoisotopic (exact) mass is 477 g/mol. The molecule has 2 aromatic carbocycles. The molecule has 0 radical (unpaired) electrons. The average Bonchev–Trinajstić information content (AvgIpc) is 2.82. The number of rotatable bonds is 11. The summed E-state index contributed by atoms with van der Waals surface area (Å²) in [6.07, 6.45) is 6.88. The van der Waals surface area contributed by atoms with E-state index >= 15 is 0 Å². The van der Waals surface area contributed by atoms with Gasteiger partial charge in [0.25, 0.3) is 0 Å². The van der Waals surface area contributed by atoms with Crippen molar-refractivity contribution in [3.8, 4) is 23.8 Å². The number of hydrogen-bond donors (Lipinski definition) is 2. The van der Waals surface area contributed by atoms with Crippen molar-refractivity contribution in [1.82, 2.24) is 9.97 Å². The van der Waals surface area contributed by atoms with Crippen molar-refractivity contribution in [3.63, 3.8) is 0 Å². The number of aliphatic carboxylic acids is 1. The number of nitrogens with one attached hydrogen (secondary N) is 1. The second-order valence-corrected chi connectivity index (χ2v) is 8.65. The third-order valence-corrected chi connectivity index (χ3v) is 4.90. The Hall–Kier alpha value is -4.16. The van der Waals surface area contributed by atoms with Crippen molar-refractivity contribution < 1.29 is 28.9 Å². The summed E-state index contributed by atoms with van der Waals surface area (Å²) in [7, 11) is 0. The molecule has 0 saturated carbocycles. The third kappa shape index (κ3) is 7.16. The third-order valence-electron chi connectivity index (χ3n) is 4.90. The largest absolute Gasteiger partial charge is 0.487 e. The highest BCUT2D eigenvalue weighted by Gasteiger charge is 2.21. The fourth-order valence-corrected chi connectivity index (χ4v) is 2.94. The molecule has 0 saturated heterocycles. The molecule has 0 bridgehead atoms. The number of Topliss-reactive ketones (excluding diaryl/α,β-unsaturated/α-hetero) is 1. The Balaban J connectivity index is 1.82. The van der Waals surface area contributed by atoms with E-state index in [2.05, 4.69) is 21.2 Å². The molecule has 3 rings (SSSR count). The number of hydrogen-bond acceptors (Lipinski definition) is 8. The first kappa shape index (κ1) is 25.5. The maximum atomic E-state index is 12.0. The molecule has 0 aliphatic rings. The van der Waals surface area contributed by atoms with Gasteiger partial charge in [0.2, 0.25) is 0 Å². The molecule has 0 aliphatic heterocycles. The predicted molar refractivity (Wildman–Crippen MR) is 131 cm³/mol. The first-order valence-electron chi connectivity index (χ1n) is 10.9. The van der Waals surface area contributed by atoms with E-state index in [9.17, 15) is 9.59 Å². The lowest BCUT2D eigenvalue weighted by Gasteiger charge is -2.17. The summed E-state index contributed by atoms with van der Waals surface area (Å²) in [6, 6.07) is 10.6. The van der Waals surface area contributed by atoms with Crippen LogP contribution in [0.5, 0.6) is 11.5 Å². The van der Waals surface area contributed by atoms with Crippen LogP contribution in [-0.2, 0) is 14.3 Å². The molecule has 35 heavy (non-hydrogen) atoms. The molecule has 0 atom stereocenters. The normalized spacial score (nSPS) is 11.0. The molecule has 1 aromatic heterocycles. The molecule has 0 spiro atoms. The van der Waals surface area contributed by atoms with Crippen molar-refractivity contribution in [1.29, 1.82) is 0 Å². The van der Waals surface area contributed by atoms with Gasteiger partial charge in [-0.2, -0.15) is 0 Å². The van der Waals surface area contributed by atoms with E-state index in [1.165, 1.54) is 6.33 Å². The van der Waals surface area contributed by atoms with Gasteiger partial charge >= 0.3 is 5.97 Å². The number of carboxylic acids is 1. The molecule has 0 amide bonds. The smallest absolute Gasteiger partial charge is 0.341 e. The number of terminal acetylenes is 1. The zero-order valence-corrected chi connectivity index (χ0v) is 19.8. The number of anilines is 2. The van der Waals surface area contributed by atoms with Crippen LogP contribution < -0.4 is 14.8 Å². The highest BCUT2D eigenvalue weighted by molar-refractivity contribution is 5.93. The summed E-state index contributed by atoms with van der Waals surface area (Å²) >= 11 is 0. The molecule has 0 aliphatic carbocycles. The summed E-state index contributed by atoms with van der Waals surface area (Å²) in [5.41, 5.74) is 1.49. The molecule has 182 valence electrons. The van der Waals surface area contributed by atoms with Gasteiger partial charge in [-0.05, 0) is 24.3 Å². The summed E-state index contributed by atoms with van der Waals surface area (Å²) in [5.74, 6) is 2.45. The highest BCUT2D eigenvalue weighted by Crippen LogP contribution is 2.35. The van der Waals surface area contributed by atoms with Crippen LogP contribution in [0.4, 0.5) is 11.5 Å². The Labute approximate surface area is 203 Å². The van der Waals surface area contributed by atoms with Crippen LogP contribution in [0.1, 0.15) is 26.3 Å². The number of carbonyl (C=O) groups is 2. The van der Waals surface area contributed by atoms with Crippen molar-refractivity contribution in [2.45, 2.75) is 20.8 Å². The quantitative estimate of drug-likeness (QED) is 0.314. The molecule has 0 unspecified atom stereocenters. The summed E-state index contributed by atoms with van der Waals surface area (Å²) in [5, 5.41) is 12.9. The van der Waals surface area contributed by atoms with Gasteiger partial charge in [0.05, 0.1) is 12.1 Å². The van der Waals surface area contributed by atoms with Crippen LogP contribution in [0.2, 0.25) is 0 Å². The molecular formula is C26H27N3O6. The molecule has 3 aromatic rings. The lowest BCUT2D eigenvalue weighted by molar-refractivity contribution is -0.139. The first-order chi connectivity index (χ1) is 16.7. The van der Waals surface area contributed by atoms with E-state index in [4.69, 9.17) is 25.7 Å². The van der Waals surface area contributed by atoms with Gasteiger partial charge in [0.15, 0.2) is 23.9 Å². The second-order valence-electron chi connectivity index (χ2n) is 8.65. The zero-order chi connectivity index (χ0) is 25.4. The van der Waals surface area contributed by atoms with E-state index in [-0.39, 0.29) is 31.4 Å². The number of carbonyl (C=O) groups excluding carboxylic acids is 1. The molecule has 2 N–H and O–H groups in total. The number of carboxylic acid groups (broad SMARTS) is 1. The van der Waals surface area contributed by atoms with Crippen molar-refractivity contribution in [2.24, 2.45) is 5.41 Å². The predicted octanol–water partition coefficient (Wildman–Crippen LogP) is 3.83. The Kier molecular flexibility index (Phi) is 8.23. The lowest BCUT2D eigenvalue weighted by atomic mass is 9.91. The molecule has 1 heterocycles. The standard InChI is InChI=1S/C26H27N3O6/c1-5-17-7-6-8-18(11-17)29-25-19-12-21(34-10-9-33-14-23(30)26(2,3)4)22(35-15-24(31)32)13-20(19)27-16-28-25/h1,6-8,11-13,16H,9-10,14-15H2,2-4H3,(H,31,32)(H,27,28,29). The maximum Gasteiger partial charge on any atom is 0.341 e. The topological polar surface area (TPSA) is 120 Å². The van der Waals surface area contributed by atoms with E-state index in [0.29, 0.717) is 28.0 Å². The molecule has 0 fully saturated rings. The number of ketones is 1. The summed E-state index contributed by atoms with van der Waals surface area (Å²) < 4.78 is 16.7. The van der Waals surface area contributed by atoms with Crippen LogP contribution in [0.15, 0.2) is 42.7 Å². The Morgan fingerprint density at radius 3 is 2.54 bits per heavy atom. The van der Waals surface area contributed by atoms with Crippen molar-refractivity contribution in [3.05, 3.63) is 48.3 Å². The van der Waals surface area contributed by atoms with E-state index < -0.39 is 18.0 Å². The van der Waals surface area contributed by atoms with Gasteiger partial charge in [-0.3, -0.25) is 4.79 Å². The SMILES string of the molecule is C#Cc1cccc(Nc2ncnc3cc(OCC(=O)O)c(OCCOCC(=O)C(C)(C)C)cc23)c1. The Morgan fingerprint density at radius 1 is 1.06 bits per heavy atom. The molecule has 9 heteroatoms. The van der Waals surface area contributed by atoms with Crippen LogP contribution in [0, 0.1) is 17.8 Å². The lowest BCUT2D eigenvalue weighted by Crippen LogP contribution is -2.25. The van der Waals surface area contributed by atoms with Crippen LogP contribution >= 0.6 is 0 Å². The van der Waals surface area contributed by atoms with Gasteiger partial charge in [-0.1, -0.05) is 32.8 Å². The fourth-order valence-electron chi connectivity index (χ4n) is 2.94. The molecular weight excluding hydrogens is 450 g/mol. The Bertz CT molecular complexity index is 1260. The number of aromatic nitrogens is 2. The van der Waals surface area contributed by atoms with Crippen LogP contribution in [0.3, 0.4) is 0 Å². The van der Waals surface area contributed by atoms with E-state index in [0.717, 1.165) is 5.69 Å². The summed E-state index contributed by atoms with van der Waals surface area (Å²) in [4.78, 5) is 31.6. The number of benzene rings is 2. The fraction of sp³-hybridized carbons (Fsp3) is 0.308. The van der Waals surface area contributed by atoms with Crippen LogP contribution in [-0.4, -0.2) is 53.3 Å². The van der Waals surface area contributed by atoms with Gasteiger partial charge < -0.3 is 24.6 Å².